The molecule has 0 aromatic heterocycles. The Morgan fingerprint density at radius 3 is 2.79 bits per heavy atom. The van der Waals surface area contributed by atoms with Crippen molar-refractivity contribution >= 4 is 5.91 Å². The van der Waals surface area contributed by atoms with Crippen molar-refractivity contribution in [2.24, 2.45) is 0 Å². The van der Waals surface area contributed by atoms with Crippen molar-refractivity contribution in [2.75, 3.05) is 39.4 Å². The standard InChI is InChI=1S/C15H22N2O2/c1-13-4-2-3-5-14(13)12-15(18)16-6-7-17-8-10-19-11-9-17/h2-5H,6-12H2,1H3,(H,16,18)/p+1. The number of aryl methyl sites for hydroxylation is 1. The normalized spacial score (nSPS) is 16.3. The number of carbonyl (C=O) groups excluding carboxylic acids is 1. The van der Waals surface area contributed by atoms with Crippen molar-refractivity contribution < 1.29 is 14.4 Å². The Bertz CT molecular complexity index is 414. The van der Waals surface area contributed by atoms with Crippen LogP contribution in [-0.4, -0.2) is 45.3 Å². The third-order valence-electron chi connectivity index (χ3n) is 3.61. The second-order valence-corrected chi connectivity index (χ2v) is 5.07. The van der Waals surface area contributed by atoms with Crippen LogP contribution in [0.2, 0.25) is 0 Å². The van der Waals surface area contributed by atoms with E-state index < -0.39 is 0 Å². The molecule has 2 N–H and O–H groups in total. The zero-order valence-electron chi connectivity index (χ0n) is 11.6. The zero-order valence-corrected chi connectivity index (χ0v) is 11.6. The SMILES string of the molecule is Cc1ccccc1CC(=O)NCC[NH+]1CCOCC1. The molecule has 4 nitrogen and oxygen atoms in total. The molecule has 1 saturated heterocycles. The van der Waals surface area contributed by atoms with E-state index in [-0.39, 0.29) is 5.91 Å². The highest BCUT2D eigenvalue weighted by atomic mass is 16.5. The van der Waals surface area contributed by atoms with E-state index in [0.717, 1.165) is 45.0 Å². The first-order chi connectivity index (χ1) is 9.25. The predicted octanol–water partition coefficient (Wildman–Crippen LogP) is -0.431. The Morgan fingerprint density at radius 2 is 2.05 bits per heavy atom. The first-order valence-electron chi connectivity index (χ1n) is 6.98. The molecule has 1 aliphatic rings. The lowest BCUT2D eigenvalue weighted by Gasteiger charge is -2.23. The molecule has 104 valence electrons. The van der Waals surface area contributed by atoms with Crippen LogP contribution in [0.3, 0.4) is 0 Å². The molecule has 1 fully saturated rings. The molecular formula is C15H23N2O2+. The Morgan fingerprint density at radius 1 is 1.32 bits per heavy atom. The molecule has 0 aliphatic carbocycles. The summed E-state index contributed by atoms with van der Waals surface area (Å²) < 4.78 is 5.31. The van der Waals surface area contributed by atoms with E-state index in [2.05, 4.69) is 5.32 Å². The molecule has 1 aromatic rings. The first-order valence-corrected chi connectivity index (χ1v) is 6.98. The van der Waals surface area contributed by atoms with Gasteiger partial charge in [0, 0.05) is 0 Å². The fourth-order valence-electron chi connectivity index (χ4n) is 2.33. The summed E-state index contributed by atoms with van der Waals surface area (Å²) in [6.45, 7) is 7.56. The van der Waals surface area contributed by atoms with Crippen molar-refractivity contribution in [3.8, 4) is 0 Å². The van der Waals surface area contributed by atoms with E-state index in [9.17, 15) is 4.79 Å². The van der Waals surface area contributed by atoms with E-state index in [4.69, 9.17) is 4.74 Å². The highest BCUT2D eigenvalue weighted by Crippen LogP contribution is 2.07. The van der Waals surface area contributed by atoms with Gasteiger partial charge in [-0.15, -0.1) is 0 Å². The average molecular weight is 263 g/mol. The van der Waals surface area contributed by atoms with Gasteiger partial charge < -0.3 is 15.0 Å². The molecule has 1 aliphatic heterocycles. The molecule has 2 rings (SSSR count). The van der Waals surface area contributed by atoms with E-state index >= 15 is 0 Å². The Kier molecular flexibility index (Phi) is 5.36. The molecule has 0 bridgehead atoms. The van der Waals surface area contributed by atoms with Gasteiger partial charge in [-0.2, -0.15) is 0 Å². The topological polar surface area (TPSA) is 42.8 Å². The van der Waals surface area contributed by atoms with E-state index in [1.165, 1.54) is 10.5 Å². The van der Waals surface area contributed by atoms with Gasteiger partial charge in [-0.3, -0.25) is 4.79 Å². The lowest BCUT2D eigenvalue weighted by atomic mass is 10.1. The zero-order chi connectivity index (χ0) is 13.5. The van der Waals surface area contributed by atoms with Gasteiger partial charge in [0.1, 0.15) is 13.1 Å². The Labute approximate surface area is 114 Å². The smallest absolute Gasteiger partial charge is 0.224 e. The number of quaternary nitrogens is 1. The van der Waals surface area contributed by atoms with E-state index in [0.29, 0.717) is 6.42 Å². The second kappa shape index (κ2) is 7.26. The molecule has 0 radical (unpaired) electrons. The lowest BCUT2D eigenvalue weighted by molar-refractivity contribution is -0.906. The van der Waals surface area contributed by atoms with E-state index in [1.807, 2.05) is 31.2 Å². The molecule has 0 spiro atoms. The molecule has 0 unspecified atom stereocenters. The number of hydrogen-bond acceptors (Lipinski definition) is 2. The van der Waals surface area contributed by atoms with Gasteiger partial charge in [0.15, 0.2) is 0 Å². The van der Waals surface area contributed by atoms with Gasteiger partial charge in [0.2, 0.25) is 5.91 Å². The van der Waals surface area contributed by atoms with Crippen LogP contribution in [0.15, 0.2) is 24.3 Å². The van der Waals surface area contributed by atoms with Gasteiger partial charge in [-0.05, 0) is 18.1 Å². The van der Waals surface area contributed by atoms with Crippen LogP contribution in [0.4, 0.5) is 0 Å². The molecule has 0 atom stereocenters. The Hall–Kier alpha value is -1.39. The highest BCUT2D eigenvalue weighted by Gasteiger charge is 2.13. The number of rotatable bonds is 5. The number of nitrogens with one attached hydrogen (secondary N) is 2. The summed E-state index contributed by atoms with van der Waals surface area (Å²) >= 11 is 0. The van der Waals surface area contributed by atoms with Gasteiger partial charge >= 0.3 is 0 Å². The second-order valence-electron chi connectivity index (χ2n) is 5.07. The molecular weight excluding hydrogens is 240 g/mol. The Balaban J connectivity index is 1.68. The highest BCUT2D eigenvalue weighted by molar-refractivity contribution is 5.78. The minimum atomic E-state index is 0.113. The van der Waals surface area contributed by atoms with Crippen LogP contribution >= 0.6 is 0 Å². The number of carbonyl (C=O) groups is 1. The van der Waals surface area contributed by atoms with E-state index in [1.54, 1.807) is 0 Å². The van der Waals surface area contributed by atoms with Crippen LogP contribution in [0, 0.1) is 6.92 Å². The van der Waals surface area contributed by atoms with Crippen molar-refractivity contribution in [3.63, 3.8) is 0 Å². The monoisotopic (exact) mass is 263 g/mol. The van der Waals surface area contributed by atoms with Crippen molar-refractivity contribution in [1.29, 1.82) is 0 Å². The van der Waals surface area contributed by atoms with Crippen molar-refractivity contribution in [1.82, 2.24) is 5.32 Å². The number of amides is 1. The predicted molar refractivity (Wildman–Crippen MR) is 74.3 cm³/mol. The summed E-state index contributed by atoms with van der Waals surface area (Å²) in [6.07, 6.45) is 0.477. The average Bonchev–Trinajstić information content (AvgIpc) is 2.43. The van der Waals surface area contributed by atoms with Crippen LogP contribution in [0.5, 0.6) is 0 Å². The fraction of sp³-hybridized carbons (Fsp3) is 0.533. The maximum absolute atomic E-state index is 11.9. The molecule has 1 amide bonds. The van der Waals surface area contributed by atoms with Gasteiger partial charge in [0.25, 0.3) is 0 Å². The summed E-state index contributed by atoms with van der Waals surface area (Å²) in [5.74, 6) is 0.113. The van der Waals surface area contributed by atoms with Crippen LogP contribution in [-0.2, 0) is 16.0 Å². The van der Waals surface area contributed by atoms with Gasteiger partial charge in [-0.25, -0.2) is 0 Å². The lowest BCUT2D eigenvalue weighted by Crippen LogP contribution is -3.14. The van der Waals surface area contributed by atoms with Crippen molar-refractivity contribution in [3.05, 3.63) is 35.4 Å². The summed E-state index contributed by atoms with van der Waals surface area (Å²) in [7, 11) is 0. The summed E-state index contributed by atoms with van der Waals surface area (Å²) in [4.78, 5) is 13.4. The maximum Gasteiger partial charge on any atom is 0.224 e. The van der Waals surface area contributed by atoms with Gasteiger partial charge in [0.05, 0.1) is 32.7 Å². The summed E-state index contributed by atoms with van der Waals surface area (Å²) in [6, 6.07) is 8.04. The summed E-state index contributed by atoms with van der Waals surface area (Å²) in [5, 5.41) is 3.01. The third-order valence-corrected chi connectivity index (χ3v) is 3.61. The number of morpholine rings is 1. The maximum atomic E-state index is 11.9. The molecule has 4 heteroatoms. The fourth-order valence-corrected chi connectivity index (χ4v) is 2.33. The van der Waals surface area contributed by atoms with Crippen LogP contribution < -0.4 is 10.2 Å². The number of benzene rings is 1. The quantitative estimate of drug-likeness (QED) is 0.757. The molecule has 1 heterocycles. The third kappa shape index (κ3) is 4.65. The van der Waals surface area contributed by atoms with Crippen LogP contribution in [0.25, 0.3) is 0 Å². The molecule has 0 saturated carbocycles. The minimum Gasteiger partial charge on any atom is -0.370 e. The minimum absolute atomic E-state index is 0.113. The van der Waals surface area contributed by atoms with Crippen molar-refractivity contribution in [2.45, 2.75) is 13.3 Å². The molecule has 19 heavy (non-hydrogen) atoms. The number of hydrogen-bond donors (Lipinski definition) is 2. The van der Waals surface area contributed by atoms with Gasteiger partial charge in [-0.1, -0.05) is 24.3 Å². The summed E-state index contributed by atoms with van der Waals surface area (Å²) in [5.41, 5.74) is 2.29. The first kappa shape index (κ1) is 14.0. The van der Waals surface area contributed by atoms with Crippen LogP contribution in [0.1, 0.15) is 11.1 Å². The largest absolute Gasteiger partial charge is 0.370 e. The molecule has 1 aromatic carbocycles. The number of ether oxygens (including phenoxy) is 1.